The lowest BCUT2D eigenvalue weighted by Gasteiger charge is -2.38. The standard InChI is InChI=1S/C44H68O6/c1-9-11-13-18-33-25-38(45)36(23-20-31(7)17-15-16-29(3)4)40(27-33)49-43(47)44(48)50-41-28-34(19-14-12-10-2)26-39(46)42(41)37-24-32(8)21-22-35(37)30(5)6/h25-32,35,37,45-46H,9-24H2,1-8H3/t31-,32+,35+,37-/m1/s1. The molecule has 1 saturated carbocycles. The molecule has 1 aliphatic rings. The van der Waals surface area contributed by atoms with Crippen molar-refractivity contribution < 1.29 is 29.3 Å². The number of ether oxygens (including phenoxy) is 2. The van der Waals surface area contributed by atoms with Crippen LogP contribution in [0.25, 0.3) is 0 Å². The number of carbonyl (C=O) groups excluding carboxylic acids is 2. The maximum Gasteiger partial charge on any atom is 0.423 e. The van der Waals surface area contributed by atoms with Crippen molar-refractivity contribution in [2.45, 2.75) is 164 Å². The molecule has 0 spiro atoms. The molecule has 0 amide bonds. The van der Waals surface area contributed by atoms with Crippen molar-refractivity contribution in [1.82, 2.24) is 0 Å². The highest BCUT2D eigenvalue weighted by molar-refractivity contribution is 6.31. The average Bonchev–Trinajstić information content (AvgIpc) is 3.04. The third kappa shape index (κ3) is 12.6. The van der Waals surface area contributed by atoms with Crippen LogP contribution in [0.15, 0.2) is 24.3 Å². The molecule has 50 heavy (non-hydrogen) atoms. The van der Waals surface area contributed by atoms with Crippen molar-refractivity contribution in [3.05, 3.63) is 46.5 Å². The van der Waals surface area contributed by atoms with E-state index in [9.17, 15) is 19.8 Å². The third-order valence-corrected chi connectivity index (χ3v) is 10.9. The second-order valence-corrected chi connectivity index (χ2v) is 16.2. The Morgan fingerprint density at radius 2 is 1.30 bits per heavy atom. The van der Waals surface area contributed by atoms with E-state index in [1.165, 1.54) is 6.42 Å². The van der Waals surface area contributed by atoms with Crippen molar-refractivity contribution in [3.8, 4) is 23.0 Å². The van der Waals surface area contributed by atoms with Gasteiger partial charge in [-0.05, 0) is 122 Å². The normalized spacial score (nSPS) is 18.4. The highest BCUT2D eigenvalue weighted by atomic mass is 16.6. The quantitative estimate of drug-likeness (QED) is 0.0659. The zero-order valence-corrected chi connectivity index (χ0v) is 32.6. The Hall–Kier alpha value is -3.02. The fourth-order valence-corrected chi connectivity index (χ4v) is 7.83. The molecule has 4 atom stereocenters. The van der Waals surface area contributed by atoms with Crippen LogP contribution in [0.3, 0.4) is 0 Å². The Morgan fingerprint density at radius 1 is 0.720 bits per heavy atom. The molecule has 280 valence electrons. The zero-order valence-electron chi connectivity index (χ0n) is 32.6. The van der Waals surface area contributed by atoms with Gasteiger partial charge in [0.1, 0.15) is 23.0 Å². The minimum absolute atomic E-state index is 0.00754. The van der Waals surface area contributed by atoms with Crippen LogP contribution in [0.1, 0.15) is 167 Å². The van der Waals surface area contributed by atoms with Gasteiger partial charge in [0.25, 0.3) is 0 Å². The van der Waals surface area contributed by atoms with Crippen LogP contribution >= 0.6 is 0 Å². The minimum atomic E-state index is -1.12. The van der Waals surface area contributed by atoms with Crippen LogP contribution in [0.4, 0.5) is 0 Å². The Morgan fingerprint density at radius 3 is 1.88 bits per heavy atom. The van der Waals surface area contributed by atoms with E-state index in [1.54, 1.807) is 6.07 Å². The van der Waals surface area contributed by atoms with E-state index in [0.717, 1.165) is 101 Å². The fraction of sp³-hybridized carbons (Fsp3) is 0.682. The van der Waals surface area contributed by atoms with Gasteiger partial charge in [0, 0.05) is 11.1 Å². The third-order valence-electron chi connectivity index (χ3n) is 10.9. The maximum atomic E-state index is 13.6. The first kappa shape index (κ1) is 41.4. The predicted molar refractivity (Wildman–Crippen MR) is 204 cm³/mol. The number of rotatable bonds is 19. The number of unbranched alkanes of at least 4 members (excludes halogenated alkanes) is 4. The van der Waals surface area contributed by atoms with Gasteiger partial charge in [0.2, 0.25) is 0 Å². The smallest absolute Gasteiger partial charge is 0.423 e. The molecule has 0 heterocycles. The first-order valence-electron chi connectivity index (χ1n) is 20.0. The fourth-order valence-electron chi connectivity index (χ4n) is 7.83. The molecule has 2 N–H and O–H groups in total. The molecule has 0 radical (unpaired) electrons. The molecule has 6 nitrogen and oxygen atoms in total. The summed E-state index contributed by atoms with van der Waals surface area (Å²) in [5.74, 6) is 0.777. The number of phenolic OH excluding ortho intramolecular Hbond substituents is 2. The van der Waals surface area contributed by atoms with Crippen molar-refractivity contribution in [1.29, 1.82) is 0 Å². The van der Waals surface area contributed by atoms with Gasteiger partial charge < -0.3 is 19.7 Å². The zero-order chi connectivity index (χ0) is 36.8. The Bertz CT molecular complexity index is 1360. The molecule has 6 heteroatoms. The van der Waals surface area contributed by atoms with E-state index in [1.807, 2.05) is 18.2 Å². The molecule has 1 fully saturated rings. The predicted octanol–water partition coefficient (Wildman–Crippen LogP) is 11.6. The van der Waals surface area contributed by atoms with Crippen LogP contribution in [0, 0.1) is 29.6 Å². The van der Waals surface area contributed by atoms with Gasteiger partial charge in [-0.25, -0.2) is 9.59 Å². The number of esters is 2. The molecule has 2 aromatic rings. The number of benzene rings is 2. The van der Waals surface area contributed by atoms with Gasteiger partial charge >= 0.3 is 11.9 Å². The first-order chi connectivity index (χ1) is 23.8. The van der Waals surface area contributed by atoms with Crippen molar-refractivity contribution in [3.63, 3.8) is 0 Å². The number of hydrogen-bond donors (Lipinski definition) is 2. The average molecular weight is 693 g/mol. The van der Waals surface area contributed by atoms with Gasteiger partial charge in [-0.2, -0.15) is 0 Å². The molecule has 2 aromatic carbocycles. The summed E-state index contributed by atoms with van der Waals surface area (Å²) in [6.07, 6.45) is 15.5. The Kier molecular flexibility index (Phi) is 17.2. The van der Waals surface area contributed by atoms with Gasteiger partial charge in [0.05, 0.1) is 0 Å². The summed E-state index contributed by atoms with van der Waals surface area (Å²) in [7, 11) is 0. The monoisotopic (exact) mass is 693 g/mol. The SMILES string of the molecule is CCCCCc1cc(O)c(CC[C@H](C)CCCC(C)C)c(OC(=O)C(=O)Oc2cc(CCCCC)cc(O)c2[C@@H]2C[C@@H](C)CC[C@H]2C(C)C)c1. The summed E-state index contributed by atoms with van der Waals surface area (Å²) in [5.41, 5.74) is 2.93. The molecule has 0 aromatic heterocycles. The van der Waals surface area contributed by atoms with Crippen LogP contribution in [-0.2, 0) is 28.9 Å². The van der Waals surface area contributed by atoms with Crippen LogP contribution in [-0.4, -0.2) is 22.2 Å². The highest BCUT2D eigenvalue weighted by Crippen LogP contribution is 2.50. The van der Waals surface area contributed by atoms with E-state index < -0.39 is 11.9 Å². The van der Waals surface area contributed by atoms with Gasteiger partial charge in [-0.15, -0.1) is 0 Å². The molecule has 1 aliphatic carbocycles. The number of phenols is 2. The molecular weight excluding hydrogens is 624 g/mol. The second kappa shape index (κ2) is 20.7. The lowest BCUT2D eigenvalue weighted by molar-refractivity contribution is -0.156. The second-order valence-electron chi connectivity index (χ2n) is 16.2. The van der Waals surface area contributed by atoms with Crippen LogP contribution < -0.4 is 9.47 Å². The van der Waals surface area contributed by atoms with E-state index in [2.05, 4.69) is 55.4 Å². The number of carbonyl (C=O) groups is 2. The molecule has 0 bridgehead atoms. The summed E-state index contributed by atoms with van der Waals surface area (Å²) in [5, 5.41) is 22.7. The molecule has 0 aliphatic heterocycles. The summed E-state index contributed by atoms with van der Waals surface area (Å²) >= 11 is 0. The van der Waals surface area contributed by atoms with Crippen LogP contribution in [0.5, 0.6) is 23.0 Å². The van der Waals surface area contributed by atoms with E-state index in [-0.39, 0.29) is 28.9 Å². The van der Waals surface area contributed by atoms with Crippen molar-refractivity contribution >= 4 is 11.9 Å². The topological polar surface area (TPSA) is 93.1 Å². The molecule has 3 rings (SSSR count). The molecule has 0 unspecified atom stereocenters. The summed E-state index contributed by atoms with van der Waals surface area (Å²) in [6.45, 7) is 17.7. The first-order valence-corrected chi connectivity index (χ1v) is 20.0. The lowest BCUT2D eigenvalue weighted by atomic mass is 9.67. The highest BCUT2D eigenvalue weighted by Gasteiger charge is 2.36. The Balaban J connectivity index is 1.91. The van der Waals surface area contributed by atoms with E-state index in [0.29, 0.717) is 47.1 Å². The van der Waals surface area contributed by atoms with Crippen LogP contribution in [0.2, 0.25) is 0 Å². The summed E-state index contributed by atoms with van der Waals surface area (Å²) in [4.78, 5) is 27.2. The van der Waals surface area contributed by atoms with Gasteiger partial charge in [-0.1, -0.05) is 107 Å². The molecular formula is C44H68O6. The lowest BCUT2D eigenvalue weighted by Crippen LogP contribution is -2.29. The number of aromatic hydroxyl groups is 2. The maximum absolute atomic E-state index is 13.6. The molecule has 0 saturated heterocycles. The largest absolute Gasteiger partial charge is 0.508 e. The van der Waals surface area contributed by atoms with Gasteiger partial charge in [-0.3, -0.25) is 0 Å². The van der Waals surface area contributed by atoms with Crippen molar-refractivity contribution in [2.75, 3.05) is 0 Å². The summed E-state index contributed by atoms with van der Waals surface area (Å²) in [6, 6.07) is 7.25. The minimum Gasteiger partial charge on any atom is -0.508 e. The van der Waals surface area contributed by atoms with E-state index >= 15 is 0 Å². The van der Waals surface area contributed by atoms with Gasteiger partial charge in [0.15, 0.2) is 0 Å². The Labute approximate surface area is 303 Å². The van der Waals surface area contributed by atoms with E-state index in [4.69, 9.17) is 9.47 Å². The number of aryl methyl sites for hydroxylation is 2. The summed E-state index contributed by atoms with van der Waals surface area (Å²) < 4.78 is 11.7. The number of hydrogen-bond acceptors (Lipinski definition) is 6. The van der Waals surface area contributed by atoms with Crippen molar-refractivity contribution in [2.24, 2.45) is 29.6 Å².